The van der Waals surface area contributed by atoms with E-state index in [-0.39, 0.29) is 0 Å². The third-order valence-corrected chi connectivity index (χ3v) is 3.19. The van der Waals surface area contributed by atoms with Crippen LogP contribution in [0, 0.1) is 0 Å². The molecule has 4 heteroatoms. The van der Waals surface area contributed by atoms with Gasteiger partial charge in [-0.05, 0) is 30.2 Å². The van der Waals surface area contributed by atoms with E-state index in [1.54, 1.807) is 0 Å². The van der Waals surface area contributed by atoms with E-state index in [2.05, 4.69) is 39.7 Å². The van der Waals surface area contributed by atoms with Crippen LogP contribution in [0.1, 0.15) is 11.4 Å². The Morgan fingerprint density at radius 2 is 1.89 bits per heavy atom. The summed E-state index contributed by atoms with van der Waals surface area (Å²) in [5, 5.41) is 0. The van der Waals surface area contributed by atoms with Gasteiger partial charge in [0.05, 0.1) is 16.7 Å². The van der Waals surface area contributed by atoms with Crippen LogP contribution in [0.15, 0.2) is 48.5 Å². The standard InChI is InChI=1S/C15H16N4/c16-19-12-7-8-13-14(10-12)18-15(17-13)9-6-11-4-2-1-3-5-11/h1-5,7-8,10,19H,6,9,16H2,(H,17,18). The van der Waals surface area contributed by atoms with Crippen LogP contribution in [0.2, 0.25) is 0 Å². The first-order chi connectivity index (χ1) is 9.35. The number of aryl methyl sites for hydroxylation is 2. The van der Waals surface area contributed by atoms with Gasteiger partial charge in [-0.1, -0.05) is 30.3 Å². The second kappa shape index (κ2) is 5.12. The number of rotatable bonds is 4. The fourth-order valence-corrected chi connectivity index (χ4v) is 2.18. The van der Waals surface area contributed by atoms with E-state index in [1.807, 2.05) is 24.3 Å². The smallest absolute Gasteiger partial charge is 0.107 e. The van der Waals surface area contributed by atoms with Crippen molar-refractivity contribution in [1.29, 1.82) is 0 Å². The fourth-order valence-electron chi connectivity index (χ4n) is 2.18. The van der Waals surface area contributed by atoms with Gasteiger partial charge in [-0.2, -0.15) is 0 Å². The Bertz CT molecular complexity index is 673. The Morgan fingerprint density at radius 1 is 1.05 bits per heavy atom. The fraction of sp³-hybridized carbons (Fsp3) is 0.133. The average Bonchev–Trinajstić information content (AvgIpc) is 2.88. The summed E-state index contributed by atoms with van der Waals surface area (Å²) >= 11 is 0. The molecular weight excluding hydrogens is 236 g/mol. The van der Waals surface area contributed by atoms with Crippen molar-refractivity contribution >= 4 is 16.7 Å². The van der Waals surface area contributed by atoms with Gasteiger partial charge in [0, 0.05) is 6.42 Å². The Kier molecular flexibility index (Phi) is 3.16. The first kappa shape index (κ1) is 11.7. The highest BCUT2D eigenvalue weighted by Crippen LogP contribution is 2.17. The topological polar surface area (TPSA) is 66.7 Å². The minimum atomic E-state index is 0.880. The third kappa shape index (κ3) is 2.58. The molecule has 0 bridgehead atoms. The van der Waals surface area contributed by atoms with E-state index in [0.717, 1.165) is 35.4 Å². The molecule has 96 valence electrons. The van der Waals surface area contributed by atoms with Crippen molar-refractivity contribution in [2.45, 2.75) is 12.8 Å². The molecule has 0 aliphatic heterocycles. The first-order valence-corrected chi connectivity index (χ1v) is 6.34. The molecule has 0 fully saturated rings. The van der Waals surface area contributed by atoms with Crippen molar-refractivity contribution in [3.05, 3.63) is 59.9 Å². The largest absolute Gasteiger partial charge is 0.342 e. The van der Waals surface area contributed by atoms with Crippen LogP contribution in [0.25, 0.3) is 11.0 Å². The normalized spacial score (nSPS) is 10.8. The minimum absolute atomic E-state index is 0.880. The summed E-state index contributed by atoms with van der Waals surface area (Å²) in [6.45, 7) is 0. The van der Waals surface area contributed by atoms with Crippen LogP contribution >= 0.6 is 0 Å². The molecule has 3 aromatic rings. The number of aromatic nitrogens is 2. The number of H-pyrrole nitrogens is 1. The predicted octanol–water partition coefficient (Wildman–Crippen LogP) is 2.63. The number of imidazole rings is 1. The predicted molar refractivity (Wildman–Crippen MR) is 77.8 cm³/mol. The summed E-state index contributed by atoms with van der Waals surface area (Å²) in [6, 6.07) is 16.3. The van der Waals surface area contributed by atoms with Gasteiger partial charge in [0.15, 0.2) is 0 Å². The molecule has 0 radical (unpaired) electrons. The van der Waals surface area contributed by atoms with Gasteiger partial charge < -0.3 is 10.4 Å². The van der Waals surface area contributed by atoms with Gasteiger partial charge in [-0.15, -0.1) is 0 Å². The molecule has 4 nitrogen and oxygen atoms in total. The molecule has 3 rings (SSSR count). The number of benzene rings is 2. The molecule has 0 aliphatic carbocycles. The van der Waals surface area contributed by atoms with Crippen molar-refractivity contribution in [2.24, 2.45) is 5.84 Å². The second-order valence-electron chi connectivity index (χ2n) is 4.55. The maximum atomic E-state index is 5.40. The summed E-state index contributed by atoms with van der Waals surface area (Å²) in [5.74, 6) is 6.41. The molecule has 1 heterocycles. The molecule has 0 aliphatic rings. The van der Waals surface area contributed by atoms with E-state index in [0.29, 0.717) is 0 Å². The Balaban J connectivity index is 1.78. The molecule has 0 unspecified atom stereocenters. The Morgan fingerprint density at radius 3 is 2.68 bits per heavy atom. The summed E-state index contributed by atoms with van der Waals surface area (Å²) in [4.78, 5) is 7.91. The van der Waals surface area contributed by atoms with Crippen molar-refractivity contribution in [2.75, 3.05) is 5.43 Å². The van der Waals surface area contributed by atoms with Gasteiger partial charge in [-0.25, -0.2) is 4.98 Å². The maximum Gasteiger partial charge on any atom is 0.107 e. The van der Waals surface area contributed by atoms with E-state index in [9.17, 15) is 0 Å². The molecule has 0 spiro atoms. The number of aromatic amines is 1. The number of hydrogen-bond donors (Lipinski definition) is 3. The van der Waals surface area contributed by atoms with E-state index >= 15 is 0 Å². The van der Waals surface area contributed by atoms with Gasteiger partial charge in [0.2, 0.25) is 0 Å². The molecule has 4 N–H and O–H groups in total. The summed E-state index contributed by atoms with van der Waals surface area (Å²) in [7, 11) is 0. The first-order valence-electron chi connectivity index (χ1n) is 6.34. The lowest BCUT2D eigenvalue weighted by molar-refractivity contribution is 0.890. The van der Waals surface area contributed by atoms with Crippen molar-refractivity contribution < 1.29 is 0 Å². The molecular formula is C15H16N4. The summed E-state index contributed by atoms with van der Waals surface area (Å²) in [6.07, 6.45) is 1.90. The van der Waals surface area contributed by atoms with Crippen LogP contribution in [-0.4, -0.2) is 9.97 Å². The average molecular weight is 252 g/mol. The third-order valence-electron chi connectivity index (χ3n) is 3.19. The number of hydrazine groups is 1. The quantitative estimate of drug-likeness (QED) is 0.494. The Hall–Kier alpha value is -2.33. The van der Waals surface area contributed by atoms with Crippen molar-refractivity contribution in [1.82, 2.24) is 9.97 Å². The minimum Gasteiger partial charge on any atom is -0.342 e. The van der Waals surface area contributed by atoms with Gasteiger partial charge in [-0.3, -0.25) is 5.84 Å². The molecule has 0 saturated heterocycles. The van der Waals surface area contributed by atoms with E-state index < -0.39 is 0 Å². The lowest BCUT2D eigenvalue weighted by atomic mass is 10.1. The van der Waals surface area contributed by atoms with Gasteiger partial charge in [0.1, 0.15) is 5.82 Å². The van der Waals surface area contributed by atoms with Crippen molar-refractivity contribution in [3.8, 4) is 0 Å². The lowest BCUT2D eigenvalue weighted by Gasteiger charge is -1.98. The van der Waals surface area contributed by atoms with Crippen LogP contribution in [0.3, 0.4) is 0 Å². The number of hydrogen-bond acceptors (Lipinski definition) is 3. The molecule has 19 heavy (non-hydrogen) atoms. The number of nitrogens with one attached hydrogen (secondary N) is 2. The zero-order valence-corrected chi connectivity index (χ0v) is 10.6. The lowest BCUT2D eigenvalue weighted by Crippen LogP contribution is -2.05. The molecule has 1 aromatic heterocycles. The molecule has 2 aromatic carbocycles. The number of nitrogens with two attached hydrogens (primary N) is 1. The highest BCUT2D eigenvalue weighted by molar-refractivity contribution is 5.79. The number of nitrogens with zero attached hydrogens (tertiary/aromatic N) is 1. The van der Waals surface area contributed by atoms with Gasteiger partial charge >= 0.3 is 0 Å². The summed E-state index contributed by atoms with van der Waals surface area (Å²) in [5.41, 5.74) is 6.83. The van der Waals surface area contributed by atoms with Crippen LogP contribution in [0.4, 0.5) is 5.69 Å². The van der Waals surface area contributed by atoms with Crippen LogP contribution in [0.5, 0.6) is 0 Å². The maximum absolute atomic E-state index is 5.40. The van der Waals surface area contributed by atoms with E-state index in [4.69, 9.17) is 5.84 Å². The zero-order chi connectivity index (χ0) is 13.1. The van der Waals surface area contributed by atoms with Crippen LogP contribution in [-0.2, 0) is 12.8 Å². The van der Waals surface area contributed by atoms with Crippen LogP contribution < -0.4 is 11.3 Å². The molecule has 0 atom stereocenters. The number of fused-ring (bicyclic) bond motifs is 1. The number of anilines is 1. The molecule has 0 saturated carbocycles. The highest BCUT2D eigenvalue weighted by Gasteiger charge is 2.03. The zero-order valence-electron chi connectivity index (χ0n) is 10.6. The second-order valence-corrected chi connectivity index (χ2v) is 4.55. The molecule has 0 amide bonds. The summed E-state index contributed by atoms with van der Waals surface area (Å²) < 4.78 is 0. The number of nitrogen functional groups attached to an aromatic ring is 1. The Labute approximate surface area is 111 Å². The van der Waals surface area contributed by atoms with Crippen molar-refractivity contribution in [3.63, 3.8) is 0 Å². The van der Waals surface area contributed by atoms with E-state index in [1.165, 1.54) is 5.56 Å². The van der Waals surface area contributed by atoms with Gasteiger partial charge in [0.25, 0.3) is 0 Å². The SMILES string of the molecule is NNc1ccc2nc(CCc3ccccc3)[nH]c2c1. The monoisotopic (exact) mass is 252 g/mol. The highest BCUT2D eigenvalue weighted by atomic mass is 15.2.